The lowest BCUT2D eigenvalue weighted by atomic mass is 10.2. The molecule has 1 aliphatic rings. The second kappa shape index (κ2) is 5.60. The molecule has 3 rings (SSSR count). The largest absolute Gasteiger partial charge is 0.394 e. The van der Waals surface area contributed by atoms with Crippen molar-refractivity contribution in [3.63, 3.8) is 0 Å². The van der Waals surface area contributed by atoms with E-state index < -0.39 is 18.4 Å². The zero-order chi connectivity index (χ0) is 14.8. The molecule has 21 heavy (non-hydrogen) atoms. The number of fused-ring (bicyclic) bond motifs is 1. The van der Waals surface area contributed by atoms with Crippen molar-refractivity contribution in [1.82, 2.24) is 25.0 Å². The maximum atomic E-state index is 10.3. The Hall–Kier alpha value is -2.30. The summed E-state index contributed by atoms with van der Waals surface area (Å²) in [6.07, 6.45) is 2.27. The van der Waals surface area contributed by atoms with E-state index in [0.29, 0.717) is 24.0 Å². The third-order valence-corrected chi connectivity index (χ3v) is 3.33. The van der Waals surface area contributed by atoms with E-state index in [2.05, 4.69) is 20.4 Å². The molecular formula is C11H14N6O4. The fourth-order valence-electron chi connectivity index (χ4n) is 2.36. The first kappa shape index (κ1) is 13.7. The smallest absolute Gasteiger partial charge is 0.230 e. The van der Waals surface area contributed by atoms with E-state index in [1.54, 1.807) is 10.9 Å². The van der Waals surface area contributed by atoms with Crippen LogP contribution >= 0.6 is 0 Å². The molecule has 0 spiro atoms. The van der Waals surface area contributed by atoms with Gasteiger partial charge in [0.1, 0.15) is 30.3 Å². The van der Waals surface area contributed by atoms with Crippen LogP contribution in [0, 0.1) is 0 Å². The van der Waals surface area contributed by atoms with Crippen molar-refractivity contribution in [3.8, 4) is 0 Å². The first-order chi connectivity index (χ1) is 10.2. The van der Waals surface area contributed by atoms with Crippen LogP contribution in [0.1, 0.15) is 12.6 Å². The number of hydrogen-bond donors (Lipinski definition) is 3. The Morgan fingerprint density at radius 3 is 3.19 bits per heavy atom. The van der Waals surface area contributed by atoms with E-state index in [-0.39, 0.29) is 12.4 Å². The summed E-state index contributed by atoms with van der Waals surface area (Å²) in [6.45, 7) is -0.231. The van der Waals surface area contributed by atoms with E-state index >= 15 is 0 Å². The maximum absolute atomic E-state index is 10.3. The van der Waals surface area contributed by atoms with Crippen LogP contribution < -0.4 is 11.2 Å². The molecule has 1 aliphatic heterocycles. The average Bonchev–Trinajstić information content (AvgIpc) is 3.09. The highest BCUT2D eigenvalue weighted by Gasteiger charge is 2.38. The zero-order valence-corrected chi connectivity index (χ0v) is 10.9. The predicted octanol–water partition coefficient (Wildman–Crippen LogP) is -1.27. The quantitative estimate of drug-likeness (QED) is 0.458. The van der Waals surface area contributed by atoms with Gasteiger partial charge in [-0.05, 0) is 0 Å². The van der Waals surface area contributed by atoms with Crippen LogP contribution in [-0.2, 0) is 14.4 Å². The molecule has 112 valence electrons. The Kier molecular flexibility index (Phi) is 3.64. The average molecular weight is 294 g/mol. The third-order valence-electron chi connectivity index (χ3n) is 3.33. The van der Waals surface area contributed by atoms with E-state index in [0.717, 1.165) is 0 Å². The highest BCUT2D eigenvalue weighted by Crippen LogP contribution is 2.32. The maximum Gasteiger partial charge on any atom is 0.230 e. The van der Waals surface area contributed by atoms with Gasteiger partial charge in [-0.25, -0.2) is 20.4 Å². The molecule has 2 aromatic rings. The van der Waals surface area contributed by atoms with Crippen LogP contribution in [-0.4, -0.2) is 49.9 Å². The summed E-state index contributed by atoms with van der Waals surface area (Å²) in [4.78, 5) is 27.6. The van der Waals surface area contributed by atoms with Gasteiger partial charge < -0.3 is 15.6 Å². The number of hydroxylamine groups is 1. The van der Waals surface area contributed by atoms with Crippen molar-refractivity contribution in [1.29, 1.82) is 0 Å². The number of aliphatic hydroxyl groups excluding tert-OH is 1. The van der Waals surface area contributed by atoms with Gasteiger partial charge in [0.15, 0.2) is 11.5 Å². The van der Waals surface area contributed by atoms with Gasteiger partial charge in [0, 0.05) is 6.42 Å². The number of rotatable bonds is 5. The number of nitrogens with zero attached hydrogens (tertiary/aromatic N) is 4. The van der Waals surface area contributed by atoms with Gasteiger partial charge in [-0.15, -0.1) is 0 Å². The molecule has 10 heteroatoms. The molecule has 0 radical (unpaired) electrons. The monoisotopic (exact) mass is 294 g/mol. The van der Waals surface area contributed by atoms with Crippen molar-refractivity contribution >= 4 is 23.4 Å². The van der Waals surface area contributed by atoms with Gasteiger partial charge in [-0.3, -0.25) is 14.2 Å². The van der Waals surface area contributed by atoms with Crippen molar-refractivity contribution in [2.45, 2.75) is 24.9 Å². The minimum absolute atomic E-state index is 0.231. The highest BCUT2D eigenvalue weighted by molar-refractivity contribution is 5.81. The molecular weight excluding hydrogens is 280 g/mol. The van der Waals surface area contributed by atoms with Crippen LogP contribution in [0.2, 0.25) is 0 Å². The first-order valence-corrected chi connectivity index (χ1v) is 6.28. The molecule has 2 aromatic heterocycles. The molecule has 3 heterocycles. The number of aliphatic hydroxyl groups is 1. The number of anilines is 1. The Morgan fingerprint density at radius 2 is 2.43 bits per heavy atom. The standard InChI is InChI=1S/C11H14N6O4/c12-10-9-11(14-3-13-10)17(4-15-9)8-1-6(21-16-5-19)7(2-18)20-8/h3-8,18H,1-2H2,(H,16,19)(H2,12,13,14)/t6-,7+,8-/m0/s1. The summed E-state index contributed by atoms with van der Waals surface area (Å²) >= 11 is 0. The molecule has 1 fully saturated rings. The summed E-state index contributed by atoms with van der Waals surface area (Å²) in [5.74, 6) is 0.283. The lowest BCUT2D eigenvalue weighted by Gasteiger charge is -2.14. The molecule has 0 aromatic carbocycles. The lowest BCUT2D eigenvalue weighted by Crippen LogP contribution is -2.32. The number of carbonyl (C=O) groups is 1. The Morgan fingerprint density at radius 1 is 1.57 bits per heavy atom. The molecule has 3 atom stereocenters. The van der Waals surface area contributed by atoms with Gasteiger partial charge >= 0.3 is 0 Å². The fourth-order valence-corrected chi connectivity index (χ4v) is 2.36. The van der Waals surface area contributed by atoms with Crippen molar-refractivity contribution in [2.75, 3.05) is 12.3 Å². The number of nitrogens with one attached hydrogen (secondary N) is 1. The van der Waals surface area contributed by atoms with Crippen molar-refractivity contribution < 1.29 is 19.5 Å². The van der Waals surface area contributed by atoms with Crippen molar-refractivity contribution in [3.05, 3.63) is 12.7 Å². The lowest BCUT2D eigenvalue weighted by molar-refractivity contribution is -0.131. The molecule has 1 saturated heterocycles. The molecule has 0 bridgehead atoms. The van der Waals surface area contributed by atoms with Crippen LogP contribution in [0.4, 0.5) is 5.82 Å². The second-order valence-electron chi connectivity index (χ2n) is 4.52. The second-order valence-corrected chi connectivity index (χ2v) is 4.52. The number of nitrogen functional groups attached to an aromatic ring is 1. The molecule has 10 nitrogen and oxygen atoms in total. The minimum atomic E-state index is -0.556. The minimum Gasteiger partial charge on any atom is -0.394 e. The van der Waals surface area contributed by atoms with Crippen LogP contribution in [0.25, 0.3) is 11.2 Å². The molecule has 0 saturated carbocycles. The van der Waals surface area contributed by atoms with Gasteiger partial charge in [-0.2, -0.15) is 0 Å². The summed E-state index contributed by atoms with van der Waals surface area (Å²) in [5, 5.41) is 9.32. The number of aromatic nitrogens is 4. The van der Waals surface area contributed by atoms with Gasteiger partial charge in [0.25, 0.3) is 0 Å². The normalized spacial score (nSPS) is 25.3. The number of hydrogen-bond acceptors (Lipinski definition) is 8. The van der Waals surface area contributed by atoms with Crippen molar-refractivity contribution in [2.24, 2.45) is 0 Å². The van der Waals surface area contributed by atoms with Crippen LogP contribution in [0.15, 0.2) is 12.7 Å². The Balaban J connectivity index is 1.86. The predicted molar refractivity (Wildman–Crippen MR) is 69.4 cm³/mol. The molecule has 4 N–H and O–H groups in total. The van der Waals surface area contributed by atoms with E-state index in [9.17, 15) is 9.90 Å². The Labute approximate surface area is 118 Å². The van der Waals surface area contributed by atoms with Gasteiger partial charge in [-0.1, -0.05) is 0 Å². The zero-order valence-electron chi connectivity index (χ0n) is 10.9. The summed E-state index contributed by atoms with van der Waals surface area (Å²) in [7, 11) is 0. The van der Waals surface area contributed by atoms with Crippen LogP contribution in [0.3, 0.4) is 0 Å². The van der Waals surface area contributed by atoms with E-state index in [1.165, 1.54) is 6.33 Å². The number of carbonyl (C=O) groups excluding carboxylic acids is 1. The number of nitrogens with two attached hydrogens (primary N) is 1. The summed E-state index contributed by atoms with van der Waals surface area (Å²) in [6, 6.07) is 0. The first-order valence-electron chi connectivity index (χ1n) is 6.28. The fraction of sp³-hybridized carbons (Fsp3) is 0.455. The SMILES string of the molecule is Nc1ncnc2c1ncn2[C@@H]1C[C@H](ONC=O)[C@@H](CO)O1. The molecule has 1 amide bonds. The number of ether oxygens (including phenoxy) is 1. The third kappa shape index (κ3) is 2.39. The number of amides is 1. The summed E-state index contributed by atoms with van der Waals surface area (Å²) < 4.78 is 7.40. The topological polar surface area (TPSA) is 137 Å². The Bertz CT molecular complexity index is 647. The molecule has 0 unspecified atom stereocenters. The number of imidazole rings is 1. The van der Waals surface area contributed by atoms with Crippen LogP contribution in [0.5, 0.6) is 0 Å². The van der Waals surface area contributed by atoms with E-state index in [4.69, 9.17) is 15.3 Å². The highest BCUT2D eigenvalue weighted by atomic mass is 16.7. The molecule has 0 aliphatic carbocycles. The van der Waals surface area contributed by atoms with E-state index in [1.807, 2.05) is 0 Å². The van der Waals surface area contributed by atoms with Gasteiger partial charge in [0.2, 0.25) is 6.41 Å². The summed E-state index contributed by atoms with van der Waals surface area (Å²) in [5.41, 5.74) is 8.88. The van der Waals surface area contributed by atoms with Gasteiger partial charge in [0.05, 0.1) is 12.9 Å².